The maximum atomic E-state index is 13.7. The highest BCUT2D eigenvalue weighted by molar-refractivity contribution is 8.00. The number of rotatable bonds is 6. The van der Waals surface area contributed by atoms with Crippen molar-refractivity contribution in [3.8, 4) is 11.5 Å². The number of thioether (sulfide) groups is 1. The van der Waals surface area contributed by atoms with Crippen LogP contribution in [0.1, 0.15) is 19.8 Å². The van der Waals surface area contributed by atoms with E-state index in [-0.39, 0.29) is 23.0 Å². The summed E-state index contributed by atoms with van der Waals surface area (Å²) in [6.45, 7) is 3.01. The molecule has 150 valence electrons. The minimum Gasteiger partial charge on any atom is -0.497 e. The number of methoxy groups -OCH3 is 1. The molecular weight excluding hydrogens is 384 g/mol. The van der Waals surface area contributed by atoms with E-state index in [1.54, 1.807) is 7.11 Å². The van der Waals surface area contributed by atoms with Gasteiger partial charge in [-0.2, -0.15) is 0 Å². The van der Waals surface area contributed by atoms with Crippen molar-refractivity contribution in [2.45, 2.75) is 36.0 Å². The van der Waals surface area contributed by atoms with Crippen molar-refractivity contribution in [2.24, 2.45) is 0 Å². The first-order valence-corrected chi connectivity index (χ1v) is 10.1. The number of carbonyl (C=O) groups excluding carboxylic acids is 1. The third-order valence-electron chi connectivity index (χ3n) is 4.66. The number of ether oxygens (including phenoxy) is 2. The first-order chi connectivity index (χ1) is 13.5. The summed E-state index contributed by atoms with van der Waals surface area (Å²) in [5.74, 6) is -0.429. The average Bonchev–Trinajstić information content (AvgIpc) is 2.70. The van der Waals surface area contributed by atoms with Crippen molar-refractivity contribution in [3.63, 3.8) is 0 Å². The molecule has 3 rings (SSSR count). The maximum absolute atomic E-state index is 13.7. The summed E-state index contributed by atoms with van der Waals surface area (Å²) in [6.07, 6.45) is 1.04. The Kier molecular flexibility index (Phi) is 6.78. The van der Waals surface area contributed by atoms with Gasteiger partial charge in [-0.15, -0.1) is 11.8 Å². The van der Waals surface area contributed by atoms with Crippen molar-refractivity contribution >= 4 is 17.7 Å². The van der Waals surface area contributed by atoms with E-state index < -0.39 is 11.6 Å². The number of piperidine rings is 1. The summed E-state index contributed by atoms with van der Waals surface area (Å²) < 4.78 is 37.5. The largest absolute Gasteiger partial charge is 0.497 e. The summed E-state index contributed by atoms with van der Waals surface area (Å²) in [5, 5.41) is -0.208. The third kappa shape index (κ3) is 5.16. The van der Waals surface area contributed by atoms with Crippen LogP contribution >= 0.6 is 11.8 Å². The van der Waals surface area contributed by atoms with Gasteiger partial charge in [-0.05, 0) is 43.3 Å². The fourth-order valence-electron chi connectivity index (χ4n) is 3.11. The fraction of sp³-hybridized carbons (Fsp3) is 0.381. The van der Waals surface area contributed by atoms with Crippen LogP contribution in [0.5, 0.6) is 11.5 Å². The lowest BCUT2D eigenvalue weighted by atomic mass is 10.1. The van der Waals surface area contributed by atoms with Crippen molar-refractivity contribution in [1.29, 1.82) is 0 Å². The van der Waals surface area contributed by atoms with Gasteiger partial charge < -0.3 is 14.4 Å². The molecule has 2 aromatic rings. The Labute approximate surface area is 167 Å². The number of nitrogens with zero attached hydrogens (tertiary/aromatic N) is 1. The minimum atomic E-state index is -0.706. The Morgan fingerprint density at radius 1 is 1.14 bits per heavy atom. The van der Waals surface area contributed by atoms with Gasteiger partial charge in [0, 0.05) is 36.9 Å². The molecule has 1 atom stereocenters. The molecule has 1 saturated heterocycles. The van der Waals surface area contributed by atoms with E-state index in [4.69, 9.17) is 9.47 Å². The molecule has 4 nitrogen and oxygen atoms in total. The van der Waals surface area contributed by atoms with E-state index >= 15 is 0 Å². The van der Waals surface area contributed by atoms with Crippen LogP contribution in [0.15, 0.2) is 47.4 Å². The molecule has 1 aliphatic rings. The first kappa shape index (κ1) is 20.5. The second-order valence-electron chi connectivity index (χ2n) is 6.65. The molecular formula is C21H23F2NO3S. The number of likely N-dealkylation sites (tertiary alicyclic amines) is 1. The molecule has 0 saturated carbocycles. The molecule has 7 heteroatoms. The Balaban J connectivity index is 1.49. The van der Waals surface area contributed by atoms with Gasteiger partial charge in [-0.3, -0.25) is 4.79 Å². The van der Waals surface area contributed by atoms with Gasteiger partial charge in [0.15, 0.2) is 11.6 Å². The molecule has 0 aliphatic carbocycles. The highest BCUT2D eigenvalue weighted by Crippen LogP contribution is 2.28. The zero-order valence-corrected chi connectivity index (χ0v) is 16.7. The van der Waals surface area contributed by atoms with Crippen LogP contribution in [0.25, 0.3) is 0 Å². The molecule has 0 bridgehead atoms. The van der Waals surface area contributed by atoms with Gasteiger partial charge in [0.25, 0.3) is 0 Å². The summed E-state index contributed by atoms with van der Waals surface area (Å²) in [5.41, 5.74) is 0. The number of hydrogen-bond donors (Lipinski definition) is 0. The molecule has 0 radical (unpaired) electrons. The number of halogens is 2. The standard InChI is InChI=1S/C21H23F2NO3S/c1-14(28-18-6-4-16(26-2)5-7-18)21(25)24-11-9-17(10-12-24)27-20-8-3-15(22)13-19(20)23/h3-8,13-14,17H,9-12H2,1-2H3. The van der Waals surface area contributed by atoms with E-state index in [1.165, 1.54) is 23.9 Å². The van der Waals surface area contributed by atoms with Crippen LogP contribution < -0.4 is 9.47 Å². The molecule has 28 heavy (non-hydrogen) atoms. The second kappa shape index (κ2) is 9.28. The van der Waals surface area contributed by atoms with Crippen LogP contribution in [0.3, 0.4) is 0 Å². The molecule has 0 spiro atoms. The topological polar surface area (TPSA) is 38.8 Å². The summed E-state index contributed by atoms with van der Waals surface area (Å²) in [6, 6.07) is 10.9. The van der Waals surface area contributed by atoms with Gasteiger partial charge in [0.1, 0.15) is 17.7 Å². The van der Waals surface area contributed by atoms with Crippen LogP contribution in [-0.2, 0) is 4.79 Å². The molecule has 1 heterocycles. The number of amides is 1. The van der Waals surface area contributed by atoms with Gasteiger partial charge in [0.2, 0.25) is 5.91 Å². The SMILES string of the molecule is COc1ccc(SC(C)C(=O)N2CCC(Oc3ccc(F)cc3F)CC2)cc1. The lowest BCUT2D eigenvalue weighted by molar-refractivity contribution is -0.132. The highest BCUT2D eigenvalue weighted by Gasteiger charge is 2.27. The van der Waals surface area contributed by atoms with Crippen LogP contribution in [-0.4, -0.2) is 42.4 Å². The van der Waals surface area contributed by atoms with Crippen molar-refractivity contribution in [2.75, 3.05) is 20.2 Å². The van der Waals surface area contributed by atoms with Crippen LogP contribution in [0.2, 0.25) is 0 Å². The summed E-state index contributed by atoms with van der Waals surface area (Å²) in [4.78, 5) is 15.5. The predicted molar refractivity (Wildman–Crippen MR) is 105 cm³/mol. The highest BCUT2D eigenvalue weighted by atomic mass is 32.2. The van der Waals surface area contributed by atoms with Gasteiger partial charge in [-0.1, -0.05) is 0 Å². The molecule has 1 aliphatic heterocycles. The molecule has 1 amide bonds. The number of hydrogen-bond acceptors (Lipinski definition) is 4. The van der Waals surface area contributed by atoms with Crippen LogP contribution in [0.4, 0.5) is 8.78 Å². The summed E-state index contributed by atoms with van der Waals surface area (Å²) in [7, 11) is 1.62. The molecule has 0 N–H and O–H groups in total. The fourth-order valence-corrected chi connectivity index (χ4v) is 4.06. The quantitative estimate of drug-likeness (QED) is 0.660. The Hall–Kier alpha value is -2.28. The third-order valence-corrected chi connectivity index (χ3v) is 5.76. The van der Waals surface area contributed by atoms with E-state index in [1.807, 2.05) is 36.1 Å². The van der Waals surface area contributed by atoms with Crippen molar-refractivity contribution < 1.29 is 23.0 Å². The predicted octanol–water partition coefficient (Wildman–Crippen LogP) is 4.52. The van der Waals surface area contributed by atoms with E-state index in [9.17, 15) is 13.6 Å². The Morgan fingerprint density at radius 3 is 2.43 bits per heavy atom. The van der Waals surface area contributed by atoms with E-state index in [2.05, 4.69) is 0 Å². The lowest BCUT2D eigenvalue weighted by Gasteiger charge is -2.33. The second-order valence-corrected chi connectivity index (χ2v) is 8.07. The maximum Gasteiger partial charge on any atom is 0.235 e. The molecule has 0 aromatic heterocycles. The van der Waals surface area contributed by atoms with Crippen LogP contribution in [0, 0.1) is 11.6 Å². The molecule has 2 aromatic carbocycles. The Bertz CT molecular complexity index is 808. The lowest BCUT2D eigenvalue weighted by Crippen LogP contribution is -2.44. The van der Waals surface area contributed by atoms with E-state index in [0.717, 1.165) is 16.7 Å². The van der Waals surface area contributed by atoms with Crippen molar-refractivity contribution in [3.05, 3.63) is 54.1 Å². The van der Waals surface area contributed by atoms with Gasteiger partial charge >= 0.3 is 0 Å². The molecule has 1 unspecified atom stereocenters. The van der Waals surface area contributed by atoms with Gasteiger partial charge in [-0.25, -0.2) is 8.78 Å². The monoisotopic (exact) mass is 407 g/mol. The average molecular weight is 407 g/mol. The van der Waals surface area contributed by atoms with Gasteiger partial charge in [0.05, 0.1) is 12.4 Å². The molecule has 1 fully saturated rings. The summed E-state index contributed by atoms with van der Waals surface area (Å²) >= 11 is 1.51. The zero-order valence-electron chi connectivity index (χ0n) is 15.9. The van der Waals surface area contributed by atoms with E-state index in [0.29, 0.717) is 25.9 Å². The Morgan fingerprint density at radius 2 is 1.82 bits per heavy atom. The first-order valence-electron chi connectivity index (χ1n) is 9.17. The minimum absolute atomic E-state index is 0.0506. The van der Waals surface area contributed by atoms with Crippen molar-refractivity contribution in [1.82, 2.24) is 4.90 Å². The smallest absolute Gasteiger partial charge is 0.235 e. The normalized spacial score (nSPS) is 15.9. The number of carbonyl (C=O) groups is 1. The zero-order chi connectivity index (χ0) is 20.1. The number of benzene rings is 2.